The molecule has 0 aromatic heterocycles. The maximum atomic E-state index is 12.3. The molecule has 2 saturated carbocycles. The first kappa shape index (κ1) is 16.0. The van der Waals surface area contributed by atoms with E-state index in [1.807, 2.05) is 4.72 Å². The summed E-state index contributed by atoms with van der Waals surface area (Å²) in [5.74, 6) is 0.658. The fourth-order valence-corrected chi connectivity index (χ4v) is 4.76. The molecule has 1 aromatic rings. The van der Waals surface area contributed by atoms with Gasteiger partial charge in [-0.3, -0.25) is 9.59 Å². The molecule has 3 atom stereocenters. The Hall–Kier alpha value is -1.89. The molecule has 2 fully saturated rings. The van der Waals surface area contributed by atoms with Gasteiger partial charge < -0.3 is 5.32 Å². The Morgan fingerprint density at radius 2 is 1.78 bits per heavy atom. The Labute approximate surface area is 135 Å². The largest absolute Gasteiger partial charge is 0.326 e. The summed E-state index contributed by atoms with van der Waals surface area (Å²) >= 11 is 0. The smallest absolute Gasteiger partial charge is 0.264 e. The van der Waals surface area contributed by atoms with Gasteiger partial charge in [-0.05, 0) is 55.4 Å². The molecule has 0 saturated heterocycles. The highest BCUT2D eigenvalue weighted by Gasteiger charge is 2.42. The van der Waals surface area contributed by atoms with Crippen molar-refractivity contribution in [3.63, 3.8) is 0 Å². The molecule has 2 aliphatic carbocycles. The van der Waals surface area contributed by atoms with Crippen molar-refractivity contribution >= 4 is 27.5 Å². The van der Waals surface area contributed by atoms with E-state index in [0.717, 1.165) is 26.2 Å². The van der Waals surface area contributed by atoms with Crippen LogP contribution in [0.2, 0.25) is 0 Å². The zero-order valence-corrected chi connectivity index (χ0v) is 13.7. The van der Waals surface area contributed by atoms with Gasteiger partial charge in [0.15, 0.2) is 0 Å². The fourth-order valence-electron chi connectivity index (χ4n) is 3.77. The predicted molar refractivity (Wildman–Crippen MR) is 85.0 cm³/mol. The molecule has 23 heavy (non-hydrogen) atoms. The highest BCUT2D eigenvalue weighted by molar-refractivity contribution is 7.90. The lowest BCUT2D eigenvalue weighted by atomic mass is 9.88. The molecule has 1 aromatic carbocycles. The van der Waals surface area contributed by atoms with Crippen LogP contribution in [0.5, 0.6) is 0 Å². The lowest BCUT2D eigenvalue weighted by Gasteiger charge is -2.20. The summed E-state index contributed by atoms with van der Waals surface area (Å²) in [5, 5.41) is 2.87. The number of anilines is 1. The third-order valence-electron chi connectivity index (χ3n) is 4.79. The topological polar surface area (TPSA) is 92.3 Å². The van der Waals surface area contributed by atoms with E-state index < -0.39 is 15.9 Å². The first-order chi connectivity index (χ1) is 10.8. The second-order valence-electron chi connectivity index (χ2n) is 6.46. The lowest BCUT2D eigenvalue weighted by molar-refractivity contribution is -0.121. The number of carbonyl (C=O) groups is 2. The summed E-state index contributed by atoms with van der Waals surface area (Å²) in [4.78, 5) is 23.2. The van der Waals surface area contributed by atoms with E-state index in [2.05, 4.69) is 5.32 Å². The van der Waals surface area contributed by atoms with E-state index in [1.54, 1.807) is 12.1 Å². The molecule has 0 unspecified atom stereocenters. The summed E-state index contributed by atoms with van der Waals surface area (Å²) in [6.07, 6.45) is 4.50. The average Bonchev–Trinajstić information content (AvgIpc) is 3.09. The van der Waals surface area contributed by atoms with Crippen LogP contribution < -0.4 is 10.0 Å². The standard InChI is InChI=1S/C16H20N2O4S/c1-10(19)18-23(21,22)14-6-4-13(5-7-14)17-16(20)15-9-11-2-3-12(15)8-11/h4-7,11-12,15H,2-3,8-9H2,1H3,(H,17,20)(H,18,19)/t11-,12-,15-/m0/s1. The Morgan fingerprint density at radius 1 is 1.09 bits per heavy atom. The molecule has 124 valence electrons. The molecule has 0 heterocycles. The Kier molecular flexibility index (Phi) is 4.14. The van der Waals surface area contributed by atoms with Crippen LogP contribution >= 0.6 is 0 Å². The molecule has 0 radical (unpaired) electrons. The van der Waals surface area contributed by atoms with E-state index in [9.17, 15) is 18.0 Å². The molecule has 2 N–H and O–H groups in total. The van der Waals surface area contributed by atoms with Gasteiger partial charge in [-0.25, -0.2) is 13.1 Å². The summed E-state index contributed by atoms with van der Waals surface area (Å²) in [5.41, 5.74) is 0.569. The number of benzene rings is 1. The lowest BCUT2D eigenvalue weighted by Crippen LogP contribution is -2.28. The van der Waals surface area contributed by atoms with E-state index in [1.165, 1.54) is 18.6 Å². The van der Waals surface area contributed by atoms with Crippen LogP contribution in [0.1, 0.15) is 32.6 Å². The maximum Gasteiger partial charge on any atom is 0.264 e. The Bertz CT molecular complexity index is 727. The van der Waals surface area contributed by atoms with E-state index >= 15 is 0 Å². The third-order valence-corrected chi connectivity index (χ3v) is 6.23. The predicted octanol–water partition coefficient (Wildman–Crippen LogP) is 1.89. The van der Waals surface area contributed by atoms with Crippen LogP contribution in [0, 0.1) is 17.8 Å². The highest BCUT2D eigenvalue weighted by atomic mass is 32.2. The molecule has 2 bridgehead atoms. The summed E-state index contributed by atoms with van der Waals surface area (Å²) < 4.78 is 25.6. The van der Waals surface area contributed by atoms with E-state index in [-0.39, 0.29) is 16.7 Å². The Morgan fingerprint density at radius 3 is 2.30 bits per heavy atom. The minimum Gasteiger partial charge on any atom is -0.326 e. The van der Waals surface area contributed by atoms with Crippen molar-refractivity contribution in [2.45, 2.75) is 37.5 Å². The Balaban J connectivity index is 1.66. The SMILES string of the molecule is CC(=O)NS(=O)(=O)c1ccc(NC(=O)[C@H]2C[C@H]3CC[C@H]2C3)cc1. The van der Waals surface area contributed by atoms with Gasteiger partial charge in [0.2, 0.25) is 11.8 Å². The van der Waals surface area contributed by atoms with Crippen LogP contribution in [0.25, 0.3) is 0 Å². The summed E-state index contributed by atoms with van der Waals surface area (Å²) in [6.45, 7) is 1.14. The van der Waals surface area contributed by atoms with Crippen molar-refractivity contribution < 1.29 is 18.0 Å². The summed E-state index contributed by atoms with van der Waals surface area (Å²) in [7, 11) is -3.84. The van der Waals surface area contributed by atoms with Crippen LogP contribution in [0.3, 0.4) is 0 Å². The number of rotatable bonds is 4. The molecule has 7 heteroatoms. The van der Waals surface area contributed by atoms with Crippen molar-refractivity contribution in [1.29, 1.82) is 0 Å². The van der Waals surface area contributed by atoms with Gasteiger partial charge in [-0.1, -0.05) is 6.42 Å². The third kappa shape index (κ3) is 3.39. The fraction of sp³-hybridized carbons (Fsp3) is 0.500. The molecule has 0 aliphatic heterocycles. The molecule has 3 rings (SSSR count). The van der Waals surface area contributed by atoms with Crippen molar-refractivity contribution in [3.05, 3.63) is 24.3 Å². The van der Waals surface area contributed by atoms with Crippen LogP contribution in [-0.2, 0) is 19.6 Å². The molecular formula is C16H20N2O4S. The van der Waals surface area contributed by atoms with Gasteiger partial charge in [0.25, 0.3) is 10.0 Å². The van der Waals surface area contributed by atoms with Gasteiger partial charge in [-0.15, -0.1) is 0 Å². The number of fused-ring (bicyclic) bond motifs is 2. The van der Waals surface area contributed by atoms with Crippen molar-refractivity contribution in [2.24, 2.45) is 17.8 Å². The quantitative estimate of drug-likeness (QED) is 0.878. The molecule has 2 amide bonds. The minimum atomic E-state index is -3.84. The number of sulfonamides is 1. The van der Waals surface area contributed by atoms with Gasteiger partial charge in [-0.2, -0.15) is 0 Å². The van der Waals surface area contributed by atoms with Crippen molar-refractivity contribution in [2.75, 3.05) is 5.32 Å². The first-order valence-corrected chi connectivity index (χ1v) is 9.28. The van der Waals surface area contributed by atoms with Gasteiger partial charge in [0.1, 0.15) is 0 Å². The average molecular weight is 336 g/mol. The number of carbonyl (C=O) groups excluding carboxylic acids is 2. The number of amides is 2. The van der Waals surface area contributed by atoms with Crippen molar-refractivity contribution in [3.8, 4) is 0 Å². The van der Waals surface area contributed by atoms with Gasteiger partial charge in [0.05, 0.1) is 4.90 Å². The molecular weight excluding hydrogens is 316 g/mol. The molecule has 2 aliphatic rings. The zero-order chi connectivity index (χ0) is 16.6. The van der Waals surface area contributed by atoms with E-state index in [0.29, 0.717) is 17.5 Å². The number of hydrogen-bond donors (Lipinski definition) is 2. The second-order valence-corrected chi connectivity index (χ2v) is 8.14. The molecule has 6 nitrogen and oxygen atoms in total. The molecule has 0 spiro atoms. The second kappa shape index (κ2) is 5.96. The van der Waals surface area contributed by atoms with Crippen LogP contribution in [-0.4, -0.2) is 20.2 Å². The first-order valence-electron chi connectivity index (χ1n) is 7.79. The number of hydrogen-bond acceptors (Lipinski definition) is 4. The summed E-state index contributed by atoms with van der Waals surface area (Å²) in [6, 6.07) is 5.84. The number of nitrogens with one attached hydrogen (secondary N) is 2. The van der Waals surface area contributed by atoms with Crippen LogP contribution in [0.15, 0.2) is 29.2 Å². The monoisotopic (exact) mass is 336 g/mol. The highest BCUT2D eigenvalue weighted by Crippen LogP contribution is 2.48. The van der Waals surface area contributed by atoms with Crippen LogP contribution in [0.4, 0.5) is 5.69 Å². The normalized spacial score (nSPS) is 26.0. The zero-order valence-electron chi connectivity index (χ0n) is 12.9. The minimum absolute atomic E-state index is 0.00868. The van der Waals surface area contributed by atoms with E-state index in [4.69, 9.17) is 0 Å². The van der Waals surface area contributed by atoms with Crippen molar-refractivity contribution in [1.82, 2.24) is 4.72 Å². The maximum absolute atomic E-state index is 12.3. The van der Waals surface area contributed by atoms with Gasteiger partial charge in [0, 0.05) is 18.5 Å². The van der Waals surface area contributed by atoms with Gasteiger partial charge >= 0.3 is 0 Å².